The lowest BCUT2D eigenvalue weighted by Crippen LogP contribution is -2.29. The molecule has 0 spiro atoms. The Labute approximate surface area is 119 Å². The summed E-state index contributed by atoms with van der Waals surface area (Å²) in [4.78, 5) is 12.1. The lowest BCUT2D eigenvalue weighted by atomic mass is 10.0. The topological polar surface area (TPSA) is 83.5 Å². The average molecular weight is 299 g/mol. The molecule has 0 aromatic heterocycles. The molecule has 1 aromatic carbocycles. The second-order valence-corrected chi connectivity index (χ2v) is 6.81. The minimum Gasteiger partial charge on any atom is -0.396 e. The third kappa shape index (κ3) is 4.94. The standard InChI is InChI=1S/C14H21NO4S/c1-3-11(7-8-16)10-15-14(17)12-5-4-6-13(9-12)20(2,18)19/h4-6,9,11,16H,3,7-8,10H2,1-2H3,(H,15,17). The number of sulfone groups is 1. The number of aliphatic hydroxyl groups excluding tert-OH is 1. The zero-order valence-electron chi connectivity index (χ0n) is 11.8. The Balaban J connectivity index is 2.73. The van der Waals surface area contributed by atoms with Gasteiger partial charge in [-0.2, -0.15) is 0 Å². The molecule has 1 rings (SSSR count). The highest BCUT2D eigenvalue weighted by molar-refractivity contribution is 7.90. The number of carbonyl (C=O) groups is 1. The Hall–Kier alpha value is -1.40. The first-order chi connectivity index (χ1) is 9.38. The van der Waals surface area contributed by atoms with E-state index in [4.69, 9.17) is 5.11 Å². The lowest BCUT2D eigenvalue weighted by Gasteiger charge is -2.14. The molecule has 1 unspecified atom stereocenters. The molecule has 112 valence electrons. The molecule has 0 bridgehead atoms. The minimum absolute atomic E-state index is 0.0952. The molecule has 0 saturated carbocycles. The van der Waals surface area contributed by atoms with E-state index in [0.717, 1.165) is 12.7 Å². The van der Waals surface area contributed by atoms with Crippen molar-refractivity contribution in [2.75, 3.05) is 19.4 Å². The van der Waals surface area contributed by atoms with Crippen LogP contribution >= 0.6 is 0 Å². The van der Waals surface area contributed by atoms with Crippen LogP contribution in [-0.2, 0) is 9.84 Å². The first-order valence-corrected chi connectivity index (χ1v) is 8.46. The molecule has 1 aromatic rings. The fraction of sp³-hybridized carbons (Fsp3) is 0.500. The van der Waals surface area contributed by atoms with Crippen molar-refractivity contribution in [3.05, 3.63) is 29.8 Å². The monoisotopic (exact) mass is 299 g/mol. The number of amides is 1. The summed E-state index contributed by atoms with van der Waals surface area (Å²) in [5, 5.41) is 11.7. The second kappa shape index (κ2) is 7.40. The van der Waals surface area contributed by atoms with Crippen molar-refractivity contribution in [3.8, 4) is 0 Å². The number of rotatable bonds is 7. The van der Waals surface area contributed by atoms with Crippen molar-refractivity contribution in [1.29, 1.82) is 0 Å². The number of aliphatic hydroxyl groups is 1. The van der Waals surface area contributed by atoms with Gasteiger partial charge in [-0.1, -0.05) is 19.4 Å². The van der Waals surface area contributed by atoms with E-state index in [2.05, 4.69) is 5.32 Å². The van der Waals surface area contributed by atoms with Crippen LogP contribution in [0.15, 0.2) is 29.2 Å². The molecular weight excluding hydrogens is 278 g/mol. The van der Waals surface area contributed by atoms with Crippen LogP contribution in [0, 0.1) is 5.92 Å². The number of hydrogen-bond donors (Lipinski definition) is 2. The number of hydrogen-bond acceptors (Lipinski definition) is 4. The van der Waals surface area contributed by atoms with Crippen molar-refractivity contribution in [2.45, 2.75) is 24.7 Å². The van der Waals surface area contributed by atoms with Crippen LogP contribution in [0.1, 0.15) is 30.1 Å². The van der Waals surface area contributed by atoms with Gasteiger partial charge in [0.25, 0.3) is 5.91 Å². The zero-order chi connectivity index (χ0) is 15.2. The molecule has 1 atom stereocenters. The van der Waals surface area contributed by atoms with Gasteiger partial charge in [-0.05, 0) is 30.5 Å². The fourth-order valence-corrected chi connectivity index (χ4v) is 2.51. The van der Waals surface area contributed by atoms with Crippen molar-refractivity contribution in [2.24, 2.45) is 5.92 Å². The molecule has 0 aliphatic rings. The highest BCUT2D eigenvalue weighted by Gasteiger charge is 2.13. The largest absolute Gasteiger partial charge is 0.396 e. The molecule has 5 nitrogen and oxygen atoms in total. The summed E-state index contributed by atoms with van der Waals surface area (Å²) < 4.78 is 22.9. The third-order valence-electron chi connectivity index (χ3n) is 3.19. The first-order valence-electron chi connectivity index (χ1n) is 6.57. The van der Waals surface area contributed by atoms with Crippen LogP contribution < -0.4 is 5.32 Å². The van der Waals surface area contributed by atoms with Crippen molar-refractivity contribution in [3.63, 3.8) is 0 Å². The minimum atomic E-state index is -3.32. The zero-order valence-corrected chi connectivity index (χ0v) is 12.6. The van der Waals surface area contributed by atoms with E-state index in [1.165, 1.54) is 12.1 Å². The molecule has 20 heavy (non-hydrogen) atoms. The van der Waals surface area contributed by atoms with Crippen molar-refractivity contribution in [1.82, 2.24) is 5.32 Å². The predicted octanol–water partition coefficient (Wildman–Crippen LogP) is 1.23. The van der Waals surface area contributed by atoms with E-state index in [9.17, 15) is 13.2 Å². The van der Waals surface area contributed by atoms with E-state index in [1.54, 1.807) is 12.1 Å². The van der Waals surface area contributed by atoms with Gasteiger partial charge in [-0.15, -0.1) is 0 Å². The Morgan fingerprint density at radius 1 is 1.40 bits per heavy atom. The number of carbonyl (C=O) groups excluding carboxylic acids is 1. The lowest BCUT2D eigenvalue weighted by molar-refractivity contribution is 0.0943. The maximum absolute atomic E-state index is 12.0. The summed E-state index contributed by atoms with van der Waals surface area (Å²) in [6, 6.07) is 5.97. The van der Waals surface area contributed by atoms with Crippen molar-refractivity contribution >= 4 is 15.7 Å². The molecular formula is C14H21NO4S. The highest BCUT2D eigenvalue weighted by Crippen LogP contribution is 2.12. The van der Waals surface area contributed by atoms with E-state index >= 15 is 0 Å². The molecule has 0 radical (unpaired) electrons. The number of nitrogens with one attached hydrogen (secondary N) is 1. The summed E-state index contributed by atoms with van der Waals surface area (Å²) in [7, 11) is -3.32. The Bertz CT molecular complexity index is 554. The molecule has 1 amide bonds. The Kier molecular flexibility index (Phi) is 6.16. The highest BCUT2D eigenvalue weighted by atomic mass is 32.2. The van der Waals surface area contributed by atoms with Crippen LogP contribution in [0.2, 0.25) is 0 Å². The van der Waals surface area contributed by atoms with Gasteiger partial charge >= 0.3 is 0 Å². The van der Waals surface area contributed by atoms with E-state index in [1.807, 2.05) is 6.92 Å². The first kappa shape index (κ1) is 16.7. The van der Waals surface area contributed by atoms with Crippen LogP contribution in [-0.4, -0.2) is 38.8 Å². The van der Waals surface area contributed by atoms with Gasteiger partial charge in [0.15, 0.2) is 9.84 Å². The van der Waals surface area contributed by atoms with Crippen LogP contribution in [0.5, 0.6) is 0 Å². The van der Waals surface area contributed by atoms with E-state index < -0.39 is 9.84 Å². The summed E-state index contributed by atoms with van der Waals surface area (Å²) in [6.07, 6.45) is 2.61. The third-order valence-corrected chi connectivity index (χ3v) is 4.30. The maximum atomic E-state index is 12.0. The normalized spacial score (nSPS) is 12.9. The van der Waals surface area contributed by atoms with Gasteiger partial charge in [-0.3, -0.25) is 4.79 Å². The summed E-state index contributed by atoms with van der Waals surface area (Å²) in [5.41, 5.74) is 0.326. The SMILES string of the molecule is CCC(CCO)CNC(=O)c1cccc(S(C)(=O)=O)c1. The van der Waals surface area contributed by atoms with Crippen LogP contribution in [0.4, 0.5) is 0 Å². The molecule has 2 N–H and O–H groups in total. The van der Waals surface area contributed by atoms with Crippen LogP contribution in [0.3, 0.4) is 0 Å². The number of benzene rings is 1. The average Bonchev–Trinajstić information content (AvgIpc) is 2.42. The molecule has 0 saturated heterocycles. The second-order valence-electron chi connectivity index (χ2n) is 4.80. The van der Waals surface area contributed by atoms with Gasteiger partial charge in [0, 0.05) is 25.0 Å². The van der Waals surface area contributed by atoms with Gasteiger partial charge in [0.1, 0.15) is 0 Å². The van der Waals surface area contributed by atoms with E-state index in [-0.39, 0.29) is 23.3 Å². The van der Waals surface area contributed by atoms with Gasteiger partial charge in [0.2, 0.25) is 0 Å². The van der Waals surface area contributed by atoms with Gasteiger partial charge in [0.05, 0.1) is 4.90 Å². The van der Waals surface area contributed by atoms with Crippen molar-refractivity contribution < 1.29 is 18.3 Å². The maximum Gasteiger partial charge on any atom is 0.251 e. The smallest absolute Gasteiger partial charge is 0.251 e. The molecule has 6 heteroatoms. The fourth-order valence-electron chi connectivity index (χ4n) is 1.84. The Morgan fingerprint density at radius 3 is 2.65 bits per heavy atom. The Morgan fingerprint density at radius 2 is 2.10 bits per heavy atom. The van der Waals surface area contributed by atoms with Crippen LogP contribution in [0.25, 0.3) is 0 Å². The molecule has 0 aliphatic heterocycles. The quantitative estimate of drug-likeness (QED) is 0.793. The van der Waals surface area contributed by atoms with E-state index in [0.29, 0.717) is 18.5 Å². The predicted molar refractivity (Wildman–Crippen MR) is 77.4 cm³/mol. The summed E-state index contributed by atoms with van der Waals surface area (Å²) >= 11 is 0. The summed E-state index contributed by atoms with van der Waals surface area (Å²) in [6.45, 7) is 2.56. The summed E-state index contributed by atoms with van der Waals surface area (Å²) in [5.74, 6) is -0.0751. The molecule has 0 aliphatic carbocycles. The van der Waals surface area contributed by atoms with Gasteiger partial charge in [-0.25, -0.2) is 8.42 Å². The molecule has 0 fully saturated rings. The van der Waals surface area contributed by atoms with Gasteiger partial charge < -0.3 is 10.4 Å². The molecule has 0 heterocycles.